The third-order valence-electron chi connectivity index (χ3n) is 4.40. The lowest BCUT2D eigenvalue weighted by Crippen LogP contribution is -2.47. The molecule has 1 unspecified atom stereocenters. The van der Waals surface area contributed by atoms with Gasteiger partial charge >= 0.3 is 5.97 Å². The number of aliphatic carboxylic acids is 1. The zero-order valence-electron chi connectivity index (χ0n) is 16.0. The number of nitrogens with zero attached hydrogens (tertiary/aromatic N) is 1. The molecule has 0 radical (unpaired) electrons. The van der Waals surface area contributed by atoms with Crippen LogP contribution in [0, 0.1) is 5.92 Å². The van der Waals surface area contributed by atoms with Crippen LogP contribution in [0.25, 0.3) is 0 Å². The SMILES string of the molecule is CC[C@H](C)[C@H](SC(C)=O)C(=O)NC1CC(=O)N(CC(=O)O)c2ccccc2O1. The molecule has 0 aromatic heterocycles. The van der Waals surface area contributed by atoms with E-state index in [4.69, 9.17) is 9.84 Å². The molecule has 9 heteroatoms. The number of carboxylic acids is 1. The van der Waals surface area contributed by atoms with E-state index in [9.17, 15) is 19.2 Å². The average Bonchev–Trinajstić information content (AvgIpc) is 2.75. The van der Waals surface area contributed by atoms with Gasteiger partial charge in [0.25, 0.3) is 0 Å². The number of hydrogen-bond acceptors (Lipinski definition) is 6. The maximum atomic E-state index is 12.8. The van der Waals surface area contributed by atoms with E-state index in [1.54, 1.807) is 24.3 Å². The molecule has 0 fully saturated rings. The molecule has 2 rings (SSSR count). The summed E-state index contributed by atoms with van der Waals surface area (Å²) in [6, 6.07) is 6.57. The highest BCUT2D eigenvalue weighted by Gasteiger charge is 2.33. The minimum Gasteiger partial charge on any atom is -0.480 e. The first-order valence-corrected chi connectivity index (χ1v) is 9.86. The maximum absolute atomic E-state index is 12.8. The van der Waals surface area contributed by atoms with Gasteiger partial charge in [-0.1, -0.05) is 44.2 Å². The van der Waals surface area contributed by atoms with E-state index < -0.39 is 35.8 Å². The molecule has 1 aromatic carbocycles. The van der Waals surface area contributed by atoms with Gasteiger partial charge in [-0.25, -0.2) is 0 Å². The number of nitrogens with one attached hydrogen (secondary N) is 1. The number of carbonyl (C=O) groups is 4. The van der Waals surface area contributed by atoms with E-state index in [0.29, 0.717) is 17.9 Å². The Labute approximate surface area is 167 Å². The van der Waals surface area contributed by atoms with Gasteiger partial charge in [0.2, 0.25) is 11.8 Å². The van der Waals surface area contributed by atoms with Crippen LogP contribution in [0.15, 0.2) is 24.3 Å². The molecule has 28 heavy (non-hydrogen) atoms. The molecule has 1 heterocycles. The van der Waals surface area contributed by atoms with E-state index >= 15 is 0 Å². The molecular weight excluding hydrogens is 384 g/mol. The summed E-state index contributed by atoms with van der Waals surface area (Å²) in [5.74, 6) is -1.76. The van der Waals surface area contributed by atoms with Gasteiger partial charge in [0.05, 0.1) is 17.4 Å². The molecule has 1 aromatic rings. The summed E-state index contributed by atoms with van der Waals surface area (Å²) < 4.78 is 5.80. The molecular formula is C19H24N2O6S. The number of para-hydroxylation sites is 2. The summed E-state index contributed by atoms with van der Waals surface area (Å²) in [5, 5.41) is 11.0. The van der Waals surface area contributed by atoms with Gasteiger partial charge in [-0.15, -0.1) is 0 Å². The zero-order valence-corrected chi connectivity index (χ0v) is 16.8. The summed E-state index contributed by atoms with van der Waals surface area (Å²) >= 11 is 0.950. The molecule has 0 aliphatic carbocycles. The number of anilines is 1. The highest BCUT2D eigenvalue weighted by molar-refractivity contribution is 8.14. The molecule has 152 valence electrons. The highest BCUT2D eigenvalue weighted by atomic mass is 32.2. The molecule has 2 amide bonds. The summed E-state index contributed by atoms with van der Waals surface area (Å²) in [6.07, 6.45) is -0.469. The first kappa shape index (κ1) is 21.7. The number of hydrogen-bond donors (Lipinski definition) is 2. The molecule has 0 spiro atoms. The summed E-state index contributed by atoms with van der Waals surface area (Å²) in [6.45, 7) is 4.70. The van der Waals surface area contributed by atoms with Crippen LogP contribution in [0.2, 0.25) is 0 Å². The van der Waals surface area contributed by atoms with Crippen molar-refractivity contribution in [1.29, 1.82) is 0 Å². The van der Waals surface area contributed by atoms with Gasteiger partial charge in [0.1, 0.15) is 12.3 Å². The molecule has 3 atom stereocenters. The second-order valence-electron chi connectivity index (χ2n) is 6.58. The van der Waals surface area contributed by atoms with Gasteiger partial charge in [-0.05, 0) is 18.1 Å². The van der Waals surface area contributed by atoms with Crippen molar-refractivity contribution in [2.24, 2.45) is 5.92 Å². The Kier molecular flexibility index (Phi) is 7.45. The monoisotopic (exact) mass is 408 g/mol. The summed E-state index contributed by atoms with van der Waals surface area (Å²) in [4.78, 5) is 49.2. The van der Waals surface area contributed by atoms with Crippen molar-refractivity contribution in [1.82, 2.24) is 5.32 Å². The Morgan fingerprint density at radius 2 is 2.04 bits per heavy atom. The zero-order chi connectivity index (χ0) is 20.8. The van der Waals surface area contributed by atoms with Crippen LogP contribution < -0.4 is 15.0 Å². The van der Waals surface area contributed by atoms with Crippen LogP contribution in [0.4, 0.5) is 5.69 Å². The van der Waals surface area contributed by atoms with Crippen molar-refractivity contribution in [2.75, 3.05) is 11.4 Å². The molecule has 1 aliphatic heterocycles. The topological polar surface area (TPSA) is 113 Å². The number of ether oxygens (including phenoxy) is 1. The number of rotatable bonds is 7. The first-order valence-electron chi connectivity index (χ1n) is 8.98. The standard InChI is InChI=1S/C19H24N2O6S/c1-4-11(2)18(28-12(3)22)19(26)20-15-9-16(23)21(10-17(24)25)13-7-5-6-8-14(13)27-15/h5-8,11,15,18H,4,9-10H2,1-3H3,(H,20,26)(H,24,25)/t11-,15?,18-/m0/s1. The third kappa shape index (κ3) is 5.48. The minimum absolute atomic E-state index is 0.0498. The summed E-state index contributed by atoms with van der Waals surface area (Å²) in [7, 11) is 0. The van der Waals surface area contributed by atoms with Crippen LogP contribution >= 0.6 is 11.8 Å². The number of carboxylic acid groups (broad SMARTS) is 1. The third-order valence-corrected chi connectivity index (χ3v) is 5.66. The number of amides is 2. The second-order valence-corrected chi connectivity index (χ2v) is 7.89. The average molecular weight is 408 g/mol. The lowest BCUT2D eigenvalue weighted by molar-refractivity contribution is -0.137. The summed E-state index contributed by atoms with van der Waals surface area (Å²) in [5.41, 5.74) is 0.336. The van der Waals surface area contributed by atoms with Gasteiger partial charge in [0, 0.05) is 6.92 Å². The quantitative estimate of drug-likeness (QED) is 0.710. The van der Waals surface area contributed by atoms with E-state index in [0.717, 1.165) is 16.7 Å². The smallest absolute Gasteiger partial charge is 0.323 e. The lowest BCUT2D eigenvalue weighted by Gasteiger charge is -2.24. The molecule has 1 aliphatic rings. The molecule has 0 saturated carbocycles. The largest absolute Gasteiger partial charge is 0.480 e. The predicted octanol–water partition coefficient (Wildman–Crippen LogP) is 2.02. The van der Waals surface area contributed by atoms with Crippen LogP contribution in [0.5, 0.6) is 5.75 Å². The lowest BCUT2D eigenvalue weighted by atomic mass is 10.0. The number of carbonyl (C=O) groups excluding carboxylic acids is 3. The van der Waals surface area contributed by atoms with E-state index in [1.165, 1.54) is 6.92 Å². The van der Waals surface area contributed by atoms with Crippen LogP contribution in [0.3, 0.4) is 0 Å². The number of fused-ring (bicyclic) bond motifs is 1. The van der Waals surface area contributed by atoms with Gasteiger partial charge in [0.15, 0.2) is 11.3 Å². The Bertz CT molecular complexity index is 769. The van der Waals surface area contributed by atoms with Crippen molar-refractivity contribution >= 4 is 40.3 Å². The van der Waals surface area contributed by atoms with E-state index in [-0.39, 0.29) is 17.5 Å². The Morgan fingerprint density at radius 1 is 1.36 bits per heavy atom. The van der Waals surface area contributed by atoms with E-state index in [2.05, 4.69) is 5.32 Å². The molecule has 2 N–H and O–H groups in total. The van der Waals surface area contributed by atoms with Crippen LogP contribution in [-0.2, 0) is 19.2 Å². The van der Waals surface area contributed by atoms with E-state index in [1.807, 2.05) is 13.8 Å². The van der Waals surface area contributed by atoms with Crippen molar-refractivity contribution in [3.63, 3.8) is 0 Å². The first-order chi connectivity index (χ1) is 13.2. The van der Waals surface area contributed by atoms with Crippen LogP contribution in [0.1, 0.15) is 33.6 Å². The molecule has 0 bridgehead atoms. The maximum Gasteiger partial charge on any atom is 0.323 e. The van der Waals surface area contributed by atoms with Crippen LogP contribution in [-0.4, -0.2) is 46.0 Å². The fourth-order valence-electron chi connectivity index (χ4n) is 2.83. The molecule has 8 nitrogen and oxygen atoms in total. The predicted molar refractivity (Wildman–Crippen MR) is 105 cm³/mol. The highest BCUT2D eigenvalue weighted by Crippen LogP contribution is 2.32. The second kappa shape index (κ2) is 9.59. The van der Waals surface area contributed by atoms with Crippen molar-refractivity contribution in [2.45, 2.75) is 45.1 Å². The molecule has 0 saturated heterocycles. The minimum atomic E-state index is -1.15. The fraction of sp³-hybridized carbons (Fsp3) is 0.474. The Morgan fingerprint density at radius 3 is 2.64 bits per heavy atom. The number of thioether (sulfide) groups is 1. The van der Waals surface area contributed by atoms with Crippen molar-refractivity contribution in [3.05, 3.63) is 24.3 Å². The van der Waals surface area contributed by atoms with Gasteiger partial charge in [-0.3, -0.25) is 24.1 Å². The number of benzene rings is 1. The van der Waals surface area contributed by atoms with Gasteiger partial charge in [-0.2, -0.15) is 0 Å². The van der Waals surface area contributed by atoms with Crippen molar-refractivity contribution < 1.29 is 29.0 Å². The van der Waals surface area contributed by atoms with Gasteiger partial charge < -0.3 is 15.2 Å². The normalized spacial score (nSPS) is 18.3. The Hall–Kier alpha value is -2.55. The fourth-order valence-corrected chi connectivity index (χ4v) is 3.79. The Balaban J connectivity index is 2.23. The van der Waals surface area contributed by atoms with Crippen molar-refractivity contribution in [3.8, 4) is 5.75 Å².